The summed E-state index contributed by atoms with van der Waals surface area (Å²) < 4.78 is 12.3. The fourth-order valence-electron chi connectivity index (χ4n) is 0.769. The first kappa shape index (κ1) is 7.72. The van der Waals surface area contributed by atoms with Crippen molar-refractivity contribution >= 4 is 5.97 Å². The molecule has 0 aliphatic rings. The van der Waals surface area contributed by atoms with Crippen LogP contribution in [-0.2, 0) is 16.3 Å². The average Bonchev–Trinajstić information content (AvgIpc) is 1.93. The summed E-state index contributed by atoms with van der Waals surface area (Å²) in [6.07, 6.45) is -0.166. The number of carbonyl (C=O) groups is 1. The SMILES string of the molecule is [O]C(=O)Cc1ccc(F)cc1. The lowest BCUT2D eigenvalue weighted by molar-refractivity contribution is -0.142. The summed E-state index contributed by atoms with van der Waals surface area (Å²) in [6, 6.07) is 5.28. The molecule has 0 bridgehead atoms. The van der Waals surface area contributed by atoms with E-state index in [1.165, 1.54) is 24.3 Å². The second-order valence-electron chi connectivity index (χ2n) is 2.18. The van der Waals surface area contributed by atoms with E-state index in [1.807, 2.05) is 0 Å². The van der Waals surface area contributed by atoms with Gasteiger partial charge >= 0.3 is 5.97 Å². The molecule has 0 fully saturated rings. The molecule has 0 N–H and O–H groups in total. The first-order valence-electron chi connectivity index (χ1n) is 3.13. The smallest absolute Gasteiger partial charge is 0.247 e. The van der Waals surface area contributed by atoms with E-state index in [-0.39, 0.29) is 12.2 Å². The molecule has 0 aliphatic heterocycles. The van der Waals surface area contributed by atoms with Crippen molar-refractivity contribution in [3.05, 3.63) is 35.6 Å². The minimum absolute atomic E-state index is 0.166. The van der Waals surface area contributed by atoms with Gasteiger partial charge in [0, 0.05) is 0 Å². The van der Waals surface area contributed by atoms with Gasteiger partial charge in [0.15, 0.2) is 0 Å². The van der Waals surface area contributed by atoms with Crippen molar-refractivity contribution in [2.75, 3.05) is 0 Å². The van der Waals surface area contributed by atoms with E-state index in [4.69, 9.17) is 0 Å². The van der Waals surface area contributed by atoms with Gasteiger partial charge in [0.2, 0.25) is 0 Å². The monoisotopic (exact) mass is 153 g/mol. The van der Waals surface area contributed by atoms with E-state index in [2.05, 4.69) is 0 Å². The minimum Gasteiger partial charge on any atom is -0.247 e. The lowest BCUT2D eigenvalue weighted by atomic mass is 10.1. The zero-order chi connectivity index (χ0) is 8.27. The van der Waals surface area contributed by atoms with Gasteiger partial charge in [-0.05, 0) is 17.7 Å². The molecule has 1 rings (SSSR count). The molecule has 0 aromatic heterocycles. The summed E-state index contributed by atoms with van der Waals surface area (Å²) in [4.78, 5) is 10.0. The summed E-state index contributed by atoms with van der Waals surface area (Å²) in [5.41, 5.74) is 0.548. The maximum atomic E-state index is 12.3. The zero-order valence-corrected chi connectivity index (χ0v) is 5.71. The first-order valence-corrected chi connectivity index (χ1v) is 3.13. The molecule has 0 aliphatic carbocycles. The van der Waals surface area contributed by atoms with Crippen LogP contribution < -0.4 is 0 Å². The van der Waals surface area contributed by atoms with Crippen LogP contribution in [0, 0.1) is 5.82 Å². The second kappa shape index (κ2) is 3.14. The van der Waals surface area contributed by atoms with Crippen LogP contribution in [0.4, 0.5) is 4.39 Å². The van der Waals surface area contributed by atoms with Crippen LogP contribution >= 0.6 is 0 Å². The highest BCUT2D eigenvalue weighted by Crippen LogP contribution is 2.02. The fourth-order valence-corrected chi connectivity index (χ4v) is 0.769. The Labute approximate surface area is 63.3 Å². The second-order valence-corrected chi connectivity index (χ2v) is 2.18. The Bertz CT molecular complexity index is 253. The van der Waals surface area contributed by atoms with E-state index >= 15 is 0 Å². The summed E-state index contributed by atoms with van der Waals surface area (Å²) in [5.74, 6) is -1.52. The van der Waals surface area contributed by atoms with Gasteiger partial charge in [-0.15, -0.1) is 0 Å². The summed E-state index contributed by atoms with van der Waals surface area (Å²) in [6.45, 7) is 0. The minimum atomic E-state index is -1.16. The number of halogens is 1. The maximum absolute atomic E-state index is 12.3. The van der Waals surface area contributed by atoms with Crippen LogP contribution in [0.15, 0.2) is 24.3 Å². The number of carbonyl (C=O) groups excluding carboxylic acids is 1. The van der Waals surface area contributed by atoms with Gasteiger partial charge in [-0.25, -0.2) is 14.3 Å². The van der Waals surface area contributed by atoms with E-state index < -0.39 is 5.97 Å². The predicted octanol–water partition coefficient (Wildman–Crippen LogP) is 1.33. The molecule has 0 amide bonds. The molecule has 1 radical (unpaired) electrons. The molecule has 1 aromatic carbocycles. The Kier molecular flexibility index (Phi) is 2.21. The van der Waals surface area contributed by atoms with E-state index in [0.29, 0.717) is 5.56 Å². The highest BCUT2D eigenvalue weighted by Gasteiger charge is 2.01. The van der Waals surface area contributed by atoms with Crippen molar-refractivity contribution in [3.8, 4) is 0 Å². The Morgan fingerprint density at radius 2 is 1.82 bits per heavy atom. The highest BCUT2D eigenvalue weighted by atomic mass is 19.1. The summed E-state index contributed by atoms with van der Waals surface area (Å²) in [5, 5.41) is 10.0. The molecule has 3 heteroatoms. The predicted molar refractivity (Wildman–Crippen MR) is 35.8 cm³/mol. The van der Waals surface area contributed by atoms with Crippen molar-refractivity contribution in [2.45, 2.75) is 6.42 Å². The molecule has 0 spiro atoms. The van der Waals surface area contributed by atoms with Gasteiger partial charge in [-0.2, -0.15) is 0 Å². The van der Waals surface area contributed by atoms with Gasteiger partial charge in [-0.1, -0.05) is 12.1 Å². The number of hydrogen-bond donors (Lipinski definition) is 0. The van der Waals surface area contributed by atoms with Gasteiger partial charge < -0.3 is 0 Å². The Hall–Kier alpha value is -1.38. The van der Waals surface area contributed by atoms with Crippen LogP contribution in [0.25, 0.3) is 0 Å². The highest BCUT2D eigenvalue weighted by molar-refractivity contribution is 5.69. The van der Waals surface area contributed by atoms with Crippen LogP contribution in [0.3, 0.4) is 0 Å². The normalized spacial score (nSPS) is 9.55. The molecule has 0 saturated carbocycles. The van der Waals surface area contributed by atoms with E-state index in [9.17, 15) is 14.3 Å². The van der Waals surface area contributed by atoms with Gasteiger partial charge in [-0.3, -0.25) is 0 Å². The lowest BCUT2D eigenvalue weighted by Gasteiger charge is -1.93. The summed E-state index contributed by atoms with van der Waals surface area (Å²) >= 11 is 0. The van der Waals surface area contributed by atoms with E-state index in [0.717, 1.165) is 0 Å². The van der Waals surface area contributed by atoms with Crippen molar-refractivity contribution in [1.82, 2.24) is 0 Å². The standard InChI is InChI=1S/C8H6FO2/c9-7-3-1-6(2-4-7)5-8(10)11/h1-4H,5H2. The molecule has 57 valence electrons. The van der Waals surface area contributed by atoms with E-state index in [1.54, 1.807) is 0 Å². The molecular formula is C8H6FO2. The van der Waals surface area contributed by atoms with Gasteiger partial charge in [0.25, 0.3) is 0 Å². The van der Waals surface area contributed by atoms with Crippen LogP contribution in [0.1, 0.15) is 5.56 Å². The Morgan fingerprint density at radius 1 is 1.27 bits per heavy atom. The van der Waals surface area contributed by atoms with Crippen LogP contribution in [0.2, 0.25) is 0 Å². The largest absolute Gasteiger partial charge is 0.359 e. The molecule has 2 nitrogen and oxygen atoms in total. The molecule has 0 heterocycles. The lowest BCUT2D eigenvalue weighted by Crippen LogP contribution is -1.97. The third-order valence-corrected chi connectivity index (χ3v) is 1.26. The van der Waals surface area contributed by atoms with Crippen molar-refractivity contribution in [1.29, 1.82) is 0 Å². The Balaban J connectivity index is 2.74. The number of benzene rings is 1. The molecular weight excluding hydrogens is 147 g/mol. The van der Waals surface area contributed by atoms with Gasteiger partial charge in [0.05, 0.1) is 6.42 Å². The van der Waals surface area contributed by atoms with Crippen LogP contribution in [0.5, 0.6) is 0 Å². The number of rotatable bonds is 2. The third-order valence-electron chi connectivity index (χ3n) is 1.26. The quantitative estimate of drug-likeness (QED) is 0.631. The topological polar surface area (TPSA) is 37.0 Å². The van der Waals surface area contributed by atoms with Gasteiger partial charge in [0.1, 0.15) is 5.82 Å². The molecule has 1 aromatic rings. The Morgan fingerprint density at radius 3 is 2.27 bits per heavy atom. The average molecular weight is 153 g/mol. The number of hydrogen-bond acceptors (Lipinski definition) is 1. The maximum Gasteiger partial charge on any atom is 0.359 e. The third kappa shape index (κ3) is 2.37. The molecule has 11 heavy (non-hydrogen) atoms. The summed E-state index contributed by atoms with van der Waals surface area (Å²) in [7, 11) is 0. The van der Waals surface area contributed by atoms with Crippen molar-refractivity contribution < 1.29 is 14.3 Å². The molecule has 0 atom stereocenters. The van der Waals surface area contributed by atoms with Crippen LogP contribution in [-0.4, -0.2) is 5.97 Å². The molecule has 0 unspecified atom stereocenters. The molecule has 0 saturated heterocycles. The fraction of sp³-hybridized carbons (Fsp3) is 0.125. The van der Waals surface area contributed by atoms with Crippen molar-refractivity contribution in [2.24, 2.45) is 0 Å². The first-order chi connectivity index (χ1) is 5.18. The van der Waals surface area contributed by atoms with Crippen molar-refractivity contribution in [3.63, 3.8) is 0 Å². The zero-order valence-electron chi connectivity index (χ0n) is 5.71.